The fourth-order valence-corrected chi connectivity index (χ4v) is 4.44. The summed E-state index contributed by atoms with van der Waals surface area (Å²) < 4.78 is 11.6. The second-order valence-corrected chi connectivity index (χ2v) is 10.3. The predicted molar refractivity (Wildman–Crippen MR) is 159 cm³/mol. The molecule has 7 heteroatoms. The molecule has 1 heterocycles. The third-order valence-electron chi connectivity index (χ3n) is 6.66. The minimum Gasteiger partial charge on any atom is -0.508 e. The van der Waals surface area contributed by atoms with Gasteiger partial charge in [-0.1, -0.05) is 42.0 Å². The zero-order valence-electron chi connectivity index (χ0n) is 23.5. The Bertz CT molecular complexity index is 1570. The Hall–Kier alpha value is -4.36. The first-order valence-corrected chi connectivity index (χ1v) is 13.4. The molecule has 1 amide bonds. The van der Waals surface area contributed by atoms with Crippen molar-refractivity contribution in [2.24, 2.45) is 0 Å². The van der Waals surface area contributed by atoms with Crippen molar-refractivity contribution in [1.82, 2.24) is 4.90 Å². The number of rotatable bonds is 11. The van der Waals surface area contributed by atoms with E-state index >= 15 is 0 Å². The standard InChI is InChI=1S/C33H36N2O5/c1-22(2)11-12-25-19-27(13-15-29(25)36)32(37)34-28-20-26-14-16-30(23(3)31(26)40-33(28)38)39-18-8-17-35(4)21-24-9-6-5-7-10-24/h5-7,9-11,13-16,19-20,36H,8,12,17-18,21H2,1-4H3,(H,34,37). The number of fused-ring (bicyclic) bond motifs is 1. The van der Waals surface area contributed by atoms with Crippen LogP contribution in [-0.2, 0) is 13.0 Å². The van der Waals surface area contributed by atoms with Crippen molar-refractivity contribution in [2.45, 2.75) is 40.2 Å². The Morgan fingerprint density at radius 2 is 1.85 bits per heavy atom. The summed E-state index contributed by atoms with van der Waals surface area (Å²) in [5.74, 6) is 0.317. The lowest BCUT2D eigenvalue weighted by molar-refractivity contribution is 0.102. The Labute approximate surface area is 234 Å². The van der Waals surface area contributed by atoms with E-state index in [1.54, 1.807) is 12.1 Å². The molecule has 0 atom stereocenters. The second-order valence-electron chi connectivity index (χ2n) is 10.3. The van der Waals surface area contributed by atoms with Gasteiger partial charge in [-0.05, 0) is 88.2 Å². The van der Waals surface area contributed by atoms with Gasteiger partial charge in [-0.15, -0.1) is 0 Å². The number of amides is 1. The zero-order chi connectivity index (χ0) is 28.6. The maximum atomic E-state index is 12.9. The molecular weight excluding hydrogens is 504 g/mol. The third-order valence-corrected chi connectivity index (χ3v) is 6.66. The largest absolute Gasteiger partial charge is 0.508 e. The smallest absolute Gasteiger partial charge is 0.360 e. The normalized spacial score (nSPS) is 11.0. The zero-order valence-corrected chi connectivity index (χ0v) is 23.5. The topological polar surface area (TPSA) is 92.0 Å². The van der Waals surface area contributed by atoms with E-state index in [1.165, 1.54) is 17.7 Å². The first-order chi connectivity index (χ1) is 19.2. The van der Waals surface area contributed by atoms with Gasteiger partial charge in [0.1, 0.15) is 22.8 Å². The molecule has 4 rings (SSSR count). The van der Waals surface area contributed by atoms with E-state index in [4.69, 9.17) is 9.15 Å². The molecule has 0 spiro atoms. The third kappa shape index (κ3) is 7.39. The van der Waals surface area contributed by atoms with Gasteiger partial charge < -0.3 is 24.5 Å². The number of allylic oxidation sites excluding steroid dienone is 2. The van der Waals surface area contributed by atoms with Gasteiger partial charge in [0.05, 0.1) is 6.61 Å². The fraction of sp³-hybridized carbons (Fsp3) is 0.273. The van der Waals surface area contributed by atoms with Crippen molar-refractivity contribution in [3.8, 4) is 11.5 Å². The summed E-state index contributed by atoms with van der Waals surface area (Å²) in [7, 11) is 2.09. The molecule has 0 aliphatic heterocycles. The average Bonchev–Trinajstić information content (AvgIpc) is 2.93. The van der Waals surface area contributed by atoms with Crippen molar-refractivity contribution in [2.75, 3.05) is 25.5 Å². The van der Waals surface area contributed by atoms with Gasteiger partial charge in [0.15, 0.2) is 0 Å². The quantitative estimate of drug-likeness (QED) is 0.129. The molecule has 0 bridgehead atoms. The first kappa shape index (κ1) is 28.6. The molecule has 1 aromatic heterocycles. The van der Waals surface area contributed by atoms with E-state index in [0.717, 1.165) is 30.6 Å². The van der Waals surface area contributed by atoms with E-state index in [1.807, 2.05) is 57.2 Å². The van der Waals surface area contributed by atoms with Gasteiger partial charge in [-0.3, -0.25) is 4.79 Å². The van der Waals surface area contributed by atoms with Crippen molar-refractivity contribution in [3.63, 3.8) is 0 Å². The summed E-state index contributed by atoms with van der Waals surface area (Å²) in [6.45, 7) is 8.09. The number of benzene rings is 3. The number of carbonyl (C=O) groups is 1. The van der Waals surface area contributed by atoms with Crippen LogP contribution < -0.4 is 15.7 Å². The number of phenols is 1. The van der Waals surface area contributed by atoms with E-state index < -0.39 is 11.5 Å². The summed E-state index contributed by atoms with van der Waals surface area (Å²) in [6.07, 6.45) is 3.32. The highest BCUT2D eigenvalue weighted by Crippen LogP contribution is 2.28. The molecule has 0 unspecified atom stereocenters. The van der Waals surface area contributed by atoms with Gasteiger partial charge >= 0.3 is 5.63 Å². The molecule has 0 radical (unpaired) electrons. The van der Waals surface area contributed by atoms with Crippen molar-refractivity contribution in [1.29, 1.82) is 0 Å². The van der Waals surface area contributed by atoms with Gasteiger partial charge in [0.25, 0.3) is 5.91 Å². The van der Waals surface area contributed by atoms with Gasteiger partial charge in [-0.25, -0.2) is 4.79 Å². The van der Waals surface area contributed by atoms with Crippen molar-refractivity contribution >= 4 is 22.6 Å². The molecule has 0 fully saturated rings. The number of hydrogen-bond donors (Lipinski definition) is 2. The number of hydrogen-bond acceptors (Lipinski definition) is 6. The number of carbonyl (C=O) groups excluding carboxylic acids is 1. The maximum Gasteiger partial charge on any atom is 0.360 e. The molecule has 0 aliphatic rings. The van der Waals surface area contributed by atoms with Crippen molar-refractivity contribution in [3.05, 3.63) is 111 Å². The van der Waals surface area contributed by atoms with Crippen molar-refractivity contribution < 1.29 is 19.1 Å². The van der Waals surface area contributed by atoms with Crippen LogP contribution >= 0.6 is 0 Å². The minimum atomic E-state index is -0.646. The number of aromatic hydroxyl groups is 1. The van der Waals surface area contributed by atoms with E-state index in [2.05, 4.69) is 29.4 Å². The lowest BCUT2D eigenvalue weighted by Crippen LogP contribution is -2.20. The van der Waals surface area contributed by atoms with Gasteiger partial charge in [0, 0.05) is 29.6 Å². The Morgan fingerprint density at radius 1 is 1.07 bits per heavy atom. The molecule has 2 N–H and O–H groups in total. The summed E-state index contributed by atoms with van der Waals surface area (Å²) in [5, 5.41) is 13.5. The molecular formula is C33H36N2O5. The number of nitrogens with zero attached hydrogens (tertiary/aromatic N) is 1. The van der Waals surface area contributed by atoms with E-state index in [9.17, 15) is 14.7 Å². The van der Waals surface area contributed by atoms with Crippen LogP contribution in [0.15, 0.2) is 87.6 Å². The van der Waals surface area contributed by atoms with Crippen LogP contribution in [0.25, 0.3) is 11.0 Å². The summed E-state index contributed by atoms with van der Waals surface area (Å²) >= 11 is 0. The lowest BCUT2D eigenvalue weighted by Gasteiger charge is -2.17. The highest BCUT2D eigenvalue weighted by molar-refractivity contribution is 6.05. The Balaban J connectivity index is 1.40. The molecule has 3 aromatic carbocycles. The summed E-state index contributed by atoms with van der Waals surface area (Å²) in [5.41, 5.74) is 3.91. The number of phenolic OH excluding ortho intramolecular Hbond substituents is 1. The SMILES string of the molecule is CC(C)=CCc1cc(C(=O)Nc2cc3ccc(OCCCN(C)Cc4ccccc4)c(C)c3oc2=O)ccc1O. The fourth-order valence-electron chi connectivity index (χ4n) is 4.44. The molecule has 0 aliphatic carbocycles. The highest BCUT2D eigenvalue weighted by Gasteiger charge is 2.15. The number of nitrogens with one attached hydrogen (secondary N) is 1. The number of anilines is 1. The Kier molecular flexibility index (Phi) is 9.40. The molecule has 0 saturated carbocycles. The van der Waals surface area contributed by atoms with Crippen LogP contribution in [0.1, 0.15) is 47.3 Å². The lowest BCUT2D eigenvalue weighted by atomic mass is 10.0. The molecule has 7 nitrogen and oxygen atoms in total. The predicted octanol–water partition coefficient (Wildman–Crippen LogP) is 6.47. The van der Waals surface area contributed by atoms with Crippen LogP contribution in [0.2, 0.25) is 0 Å². The number of aryl methyl sites for hydroxylation is 1. The van der Waals surface area contributed by atoms with E-state index in [0.29, 0.717) is 40.9 Å². The monoisotopic (exact) mass is 540 g/mol. The average molecular weight is 541 g/mol. The summed E-state index contributed by atoms with van der Waals surface area (Å²) in [4.78, 5) is 27.9. The van der Waals surface area contributed by atoms with Gasteiger partial charge in [0.2, 0.25) is 0 Å². The van der Waals surface area contributed by atoms with Crippen LogP contribution in [0, 0.1) is 6.92 Å². The molecule has 0 saturated heterocycles. The minimum absolute atomic E-state index is 0.0472. The van der Waals surface area contributed by atoms with Crippen LogP contribution in [-0.4, -0.2) is 36.1 Å². The van der Waals surface area contributed by atoms with Crippen LogP contribution in [0.4, 0.5) is 5.69 Å². The van der Waals surface area contributed by atoms with Crippen LogP contribution in [0.3, 0.4) is 0 Å². The Morgan fingerprint density at radius 3 is 2.60 bits per heavy atom. The molecule has 40 heavy (non-hydrogen) atoms. The molecule has 4 aromatic rings. The van der Waals surface area contributed by atoms with Gasteiger partial charge in [-0.2, -0.15) is 0 Å². The molecule has 208 valence electrons. The van der Waals surface area contributed by atoms with Crippen LogP contribution in [0.5, 0.6) is 11.5 Å². The van der Waals surface area contributed by atoms with E-state index in [-0.39, 0.29) is 11.4 Å². The number of ether oxygens (including phenoxy) is 1. The summed E-state index contributed by atoms with van der Waals surface area (Å²) in [6, 6.07) is 20.2. The first-order valence-electron chi connectivity index (χ1n) is 13.4. The maximum absolute atomic E-state index is 12.9. The second kappa shape index (κ2) is 13.1. The highest BCUT2D eigenvalue weighted by atomic mass is 16.5.